The highest BCUT2D eigenvalue weighted by Crippen LogP contribution is 2.15. The molecular weight excluding hydrogens is 362 g/mol. The fourth-order valence-corrected chi connectivity index (χ4v) is 2.67. The number of halogens is 2. The Kier molecular flexibility index (Phi) is 6.26. The maximum atomic E-state index is 13.3. The quantitative estimate of drug-likeness (QED) is 0.596. The first-order valence-corrected chi connectivity index (χ1v) is 8.91. The van der Waals surface area contributed by atoms with E-state index in [0.29, 0.717) is 18.2 Å². The summed E-state index contributed by atoms with van der Waals surface area (Å²) in [6.45, 7) is 2.41. The average Bonchev–Trinajstić information content (AvgIpc) is 2.68. The molecule has 3 rings (SSSR count). The van der Waals surface area contributed by atoms with Gasteiger partial charge in [0.2, 0.25) is 5.95 Å². The molecule has 1 amide bonds. The van der Waals surface area contributed by atoms with Crippen molar-refractivity contribution in [2.24, 2.45) is 0 Å². The minimum atomic E-state index is -1.03. The maximum Gasteiger partial charge on any atom is 0.274 e. The molecule has 0 spiro atoms. The lowest BCUT2D eigenvalue weighted by atomic mass is 10.1. The minimum absolute atomic E-state index is 0.141. The van der Waals surface area contributed by atoms with Gasteiger partial charge in [0.1, 0.15) is 5.69 Å². The summed E-state index contributed by atoms with van der Waals surface area (Å²) >= 11 is 0. The zero-order valence-electron chi connectivity index (χ0n) is 15.4. The second-order valence-corrected chi connectivity index (χ2v) is 6.32. The monoisotopic (exact) mass is 382 g/mol. The van der Waals surface area contributed by atoms with Crippen molar-refractivity contribution in [3.8, 4) is 0 Å². The first-order valence-electron chi connectivity index (χ1n) is 8.91. The molecule has 0 saturated heterocycles. The van der Waals surface area contributed by atoms with Gasteiger partial charge in [0.05, 0.1) is 0 Å². The van der Waals surface area contributed by atoms with Crippen molar-refractivity contribution in [2.45, 2.75) is 19.8 Å². The van der Waals surface area contributed by atoms with Crippen molar-refractivity contribution < 1.29 is 13.6 Å². The third kappa shape index (κ3) is 5.33. The highest BCUT2D eigenvalue weighted by atomic mass is 19.2. The molecule has 28 heavy (non-hydrogen) atoms. The number of rotatable bonds is 7. The predicted molar refractivity (Wildman–Crippen MR) is 104 cm³/mol. The molecule has 0 unspecified atom stereocenters. The Morgan fingerprint density at radius 1 is 1.00 bits per heavy atom. The third-order valence-corrected chi connectivity index (χ3v) is 4.03. The number of aryl methyl sites for hydroxylation is 2. The number of nitrogens with zero attached hydrogens (tertiary/aromatic N) is 2. The Hall–Kier alpha value is -3.35. The first kappa shape index (κ1) is 19.4. The van der Waals surface area contributed by atoms with Crippen molar-refractivity contribution in [3.63, 3.8) is 0 Å². The number of hydrogen-bond acceptors (Lipinski definition) is 4. The number of carbonyl (C=O) groups excluding carboxylic acids is 1. The molecule has 7 heteroatoms. The normalized spacial score (nSPS) is 10.5. The molecule has 0 aliphatic rings. The highest BCUT2D eigenvalue weighted by molar-refractivity contribution is 6.03. The predicted octanol–water partition coefficient (Wildman–Crippen LogP) is 4.36. The largest absolute Gasteiger partial charge is 0.354 e. The number of benzene rings is 2. The van der Waals surface area contributed by atoms with Crippen LogP contribution in [0.3, 0.4) is 0 Å². The van der Waals surface area contributed by atoms with E-state index < -0.39 is 17.5 Å². The zero-order chi connectivity index (χ0) is 19.9. The lowest BCUT2D eigenvalue weighted by Gasteiger charge is -2.09. The number of nitrogens with one attached hydrogen (secondary N) is 2. The number of aromatic nitrogens is 2. The van der Waals surface area contributed by atoms with Crippen LogP contribution in [0.1, 0.15) is 28.2 Å². The van der Waals surface area contributed by atoms with Crippen molar-refractivity contribution >= 4 is 17.5 Å². The topological polar surface area (TPSA) is 66.9 Å². The highest BCUT2D eigenvalue weighted by Gasteiger charge is 2.12. The standard InChI is InChI=1S/C21H20F2N4O/c1-14-12-19(20(28)26-16-9-10-17(22)18(23)13-16)27-21(25-14)24-11-5-8-15-6-3-2-4-7-15/h2-4,6-7,9-10,12-13H,5,8,11H2,1H3,(H,26,28)(H,24,25,27). The Morgan fingerprint density at radius 2 is 1.79 bits per heavy atom. The van der Waals surface area contributed by atoms with E-state index >= 15 is 0 Å². The maximum absolute atomic E-state index is 13.3. The summed E-state index contributed by atoms with van der Waals surface area (Å²) in [4.78, 5) is 20.9. The number of anilines is 2. The van der Waals surface area contributed by atoms with Gasteiger partial charge in [-0.15, -0.1) is 0 Å². The van der Waals surface area contributed by atoms with E-state index in [1.807, 2.05) is 18.2 Å². The Bertz CT molecular complexity index is 964. The fourth-order valence-electron chi connectivity index (χ4n) is 2.67. The molecule has 144 valence electrons. The summed E-state index contributed by atoms with van der Waals surface area (Å²) in [6.07, 6.45) is 1.81. The molecule has 0 saturated carbocycles. The van der Waals surface area contributed by atoms with E-state index in [-0.39, 0.29) is 11.4 Å². The van der Waals surface area contributed by atoms with Crippen LogP contribution < -0.4 is 10.6 Å². The molecule has 0 fully saturated rings. The minimum Gasteiger partial charge on any atom is -0.354 e. The molecule has 0 radical (unpaired) electrons. The fraction of sp³-hybridized carbons (Fsp3) is 0.190. The molecule has 3 aromatic rings. The summed E-state index contributed by atoms with van der Waals surface area (Å²) in [5, 5.41) is 5.63. The van der Waals surface area contributed by atoms with Crippen LogP contribution in [0.2, 0.25) is 0 Å². The van der Waals surface area contributed by atoms with Crippen molar-refractivity contribution in [1.82, 2.24) is 9.97 Å². The van der Waals surface area contributed by atoms with Gasteiger partial charge in [-0.3, -0.25) is 4.79 Å². The van der Waals surface area contributed by atoms with E-state index in [2.05, 4.69) is 32.7 Å². The molecular formula is C21H20F2N4O. The van der Waals surface area contributed by atoms with E-state index in [0.717, 1.165) is 25.0 Å². The molecule has 1 heterocycles. The average molecular weight is 382 g/mol. The molecule has 0 atom stereocenters. The Labute approximate surface area is 161 Å². The van der Waals surface area contributed by atoms with Gasteiger partial charge in [0.25, 0.3) is 5.91 Å². The van der Waals surface area contributed by atoms with E-state index in [1.54, 1.807) is 6.92 Å². The molecule has 0 aliphatic carbocycles. The summed E-state index contributed by atoms with van der Waals surface area (Å²) in [5.41, 5.74) is 2.16. The summed E-state index contributed by atoms with van der Waals surface area (Å²) in [7, 11) is 0. The van der Waals surface area contributed by atoms with Gasteiger partial charge >= 0.3 is 0 Å². The van der Waals surface area contributed by atoms with Gasteiger partial charge in [-0.2, -0.15) is 0 Å². The van der Waals surface area contributed by atoms with E-state index in [4.69, 9.17) is 0 Å². The molecule has 5 nitrogen and oxygen atoms in total. The second-order valence-electron chi connectivity index (χ2n) is 6.32. The molecule has 0 aliphatic heterocycles. The van der Waals surface area contributed by atoms with Gasteiger partial charge in [0.15, 0.2) is 11.6 Å². The van der Waals surface area contributed by atoms with E-state index in [1.165, 1.54) is 17.7 Å². The molecule has 1 aromatic heterocycles. The third-order valence-electron chi connectivity index (χ3n) is 4.03. The molecule has 2 N–H and O–H groups in total. The number of carbonyl (C=O) groups is 1. The van der Waals surface area contributed by atoms with Gasteiger partial charge in [-0.25, -0.2) is 18.7 Å². The Balaban J connectivity index is 1.60. The van der Waals surface area contributed by atoms with Crippen LogP contribution in [-0.2, 0) is 6.42 Å². The van der Waals surface area contributed by atoms with Crippen LogP contribution in [0.15, 0.2) is 54.6 Å². The molecule has 0 bridgehead atoms. The van der Waals surface area contributed by atoms with Crippen molar-refractivity contribution in [1.29, 1.82) is 0 Å². The zero-order valence-corrected chi connectivity index (χ0v) is 15.4. The van der Waals surface area contributed by atoms with Crippen LogP contribution in [-0.4, -0.2) is 22.4 Å². The van der Waals surface area contributed by atoms with Crippen LogP contribution >= 0.6 is 0 Å². The van der Waals surface area contributed by atoms with Crippen molar-refractivity contribution in [2.75, 3.05) is 17.2 Å². The summed E-state index contributed by atoms with van der Waals surface area (Å²) in [5.74, 6) is -2.18. The second kappa shape index (κ2) is 9.03. The summed E-state index contributed by atoms with van der Waals surface area (Å²) < 4.78 is 26.3. The number of amides is 1. The number of hydrogen-bond donors (Lipinski definition) is 2. The van der Waals surface area contributed by atoms with Gasteiger partial charge in [0, 0.05) is 24.0 Å². The van der Waals surface area contributed by atoms with Crippen LogP contribution in [0.25, 0.3) is 0 Å². The van der Waals surface area contributed by atoms with Gasteiger partial charge in [-0.05, 0) is 43.5 Å². The van der Waals surface area contributed by atoms with Crippen LogP contribution in [0.5, 0.6) is 0 Å². The van der Waals surface area contributed by atoms with Gasteiger partial charge in [-0.1, -0.05) is 30.3 Å². The Morgan fingerprint density at radius 3 is 2.54 bits per heavy atom. The molecule has 2 aromatic carbocycles. The lowest BCUT2D eigenvalue weighted by molar-refractivity contribution is 0.102. The SMILES string of the molecule is Cc1cc(C(=O)Nc2ccc(F)c(F)c2)nc(NCCCc2ccccc2)n1. The van der Waals surface area contributed by atoms with E-state index in [9.17, 15) is 13.6 Å². The summed E-state index contributed by atoms with van der Waals surface area (Å²) in [6, 6.07) is 14.8. The van der Waals surface area contributed by atoms with Crippen molar-refractivity contribution in [3.05, 3.63) is 83.2 Å². The van der Waals surface area contributed by atoms with Gasteiger partial charge < -0.3 is 10.6 Å². The smallest absolute Gasteiger partial charge is 0.274 e. The lowest BCUT2D eigenvalue weighted by Crippen LogP contribution is -2.16. The first-order chi connectivity index (χ1) is 13.5. The van der Waals surface area contributed by atoms with Crippen LogP contribution in [0.4, 0.5) is 20.4 Å². The van der Waals surface area contributed by atoms with Crippen LogP contribution in [0, 0.1) is 18.6 Å².